The Morgan fingerprint density at radius 3 is 2.48 bits per heavy atom. The van der Waals surface area contributed by atoms with Gasteiger partial charge in [-0.1, -0.05) is 29.3 Å². The van der Waals surface area contributed by atoms with Gasteiger partial charge in [0.25, 0.3) is 5.91 Å². The lowest BCUT2D eigenvalue weighted by Crippen LogP contribution is -2.24. The van der Waals surface area contributed by atoms with Crippen LogP contribution in [0.25, 0.3) is 0 Å². The van der Waals surface area contributed by atoms with Gasteiger partial charge in [-0.3, -0.25) is 4.79 Å². The average molecular weight is 348 g/mol. The average Bonchev–Trinajstić information content (AvgIpc) is 2.56. The van der Waals surface area contributed by atoms with Gasteiger partial charge in [-0.15, -0.1) is 0 Å². The lowest BCUT2D eigenvalue weighted by atomic mass is 10.2. The van der Waals surface area contributed by atoms with E-state index in [2.05, 4.69) is 10.5 Å². The zero-order valence-corrected chi connectivity index (χ0v) is 13.3. The lowest BCUT2D eigenvalue weighted by molar-refractivity contribution is -0.123. The molecular formula is C16H11Cl2N3O2. The Morgan fingerprint density at radius 2 is 1.87 bits per heavy atom. The van der Waals surface area contributed by atoms with Gasteiger partial charge >= 0.3 is 0 Å². The van der Waals surface area contributed by atoms with Crippen LogP contribution in [-0.2, 0) is 4.79 Å². The molecule has 1 amide bonds. The smallest absolute Gasteiger partial charge is 0.277 e. The minimum atomic E-state index is -0.436. The van der Waals surface area contributed by atoms with Crippen LogP contribution >= 0.6 is 23.2 Å². The van der Waals surface area contributed by atoms with Crippen molar-refractivity contribution in [3.63, 3.8) is 0 Å². The monoisotopic (exact) mass is 347 g/mol. The third-order valence-electron chi connectivity index (χ3n) is 2.74. The van der Waals surface area contributed by atoms with E-state index in [-0.39, 0.29) is 6.61 Å². The first kappa shape index (κ1) is 16.8. The van der Waals surface area contributed by atoms with Crippen LogP contribution in [0.15, 0.2) is 47.6 Å². The van der Waals surface area contributed by atoms with Crippen molar-refractivity contribution < 1.29 is 9.53 Å². The van der Waals surface area contributed by atoms with Crippen molar-refractivity contribution in [3.8, 4) is 11.8 Å². The summed E-state index contributed by atoms with van der Waals surface area (Å²) in [5, 5.41) is 13.3. The minimum absolute atomic E-state index is 0.209. The number of carbonyl (C=O) groups excluding carboxylic acids is 1. The summed E-state index contributed by atoms with van der Waals surface area (Å²) in [4.78, 5) is 11.6. The number of hydrogen-bond acceptors (Lipinski definition) is 4. The van der Waals surface area contributed by atoms with Gasteiger partial charge in [0, 0.05) is 5.56 Å². The summed E-state index contributed by atoms with van der Waals surface area (Å²) in [6.07, 6.45) is 1.37. The molecule has 7 heteroatoms. The first-order valence-corrected chi connectivity index (χ1v) is 7.24. The first-order valence-electron chi connectivity index (χ1n) is 6.49. The van der Waals surface area contributed by atoms with E-state index < -0.39 is 5.91 Å². The molecule has 0 unspecified atom stereocenters. The van der Waals surface area contributed by atoms with Crippen LogP contribution < -0.4 is 10.2 Å². The summed E-state index contributed by atoms with van der Waals surface area (Å²) < 4.78 is 5.27. The molecule has 116 valence electrons. The molecule has 0 bridgehead atoms. The van der Waals surface area contributed by atoms with Gasteiger partial charge < -0.3 is 4.74 Å². The quantitative estimate of drug-likeness (QED) is 0.665. The molecule has 2 aromatic rings. The highest BCUT2D eigenvalue weighted by Crippen LogP contribution is 2.21. The van der Waals surface area contributed by atoms with E-state index in [9.17, 15) is 4.79 Å². The second kappa shape index (κ2) is 8.18. The summed E-state index contributed by atoms with van der Waals surface area (Å²) in [5.74, 6) is 0.0473. The van der Waals surface area contributed by atoms with Crippen molar-refractivity contribution in [2.45, 2.75) is 0 Å². The molecule has 23 heavy (non-hydrogen) atoms. The Labute approximate surface area is 143 Å². The second-order valence-corrected chi connectivity index (χ2v) is 5.17. The van der Waals surface area contributed by atoms with E-state index in [1.807, 2.05) is 6.07 Å². The van der Waals surface area contributed by atoms with Crippen molar-refractivity contribution in [2.24, 2.45) is 5.10 Å². The standard InChI is InChI=1S/C16H11Cl2N3O2/c17-14-2-1-3-15(18)13(14)9-20-21-16(22)10-23-12-6-4-11(8-19)5-7-12/h1-7,9H,10H2,(H,21,22). The molecule has 0 radical (unpaired) electrons. The van der Waals surface area contributed by atoms with E-state index >= 15 is 0 Å². The SMILES string of the molecule is N#Cc1ccc(OCC(=O)NN=Cc2c(Cl)cccc2Cl)cc1. The fourth-order valence-corrected chi connectivity index (χ4v) is 2.10. The van der Waals surface area contributed by atoms with Crippen LogP contribution in [0.2, 0.25) is 10.0 Å². The highest BCUT2D eigenvalue weighted by Gasteiger charge is 2.04. The maximum Gasteiger partial charge on any atom is 0.277 e. The van der Waals surface area contributed by atoms with Crippen LogP contribution in [-0.4, -0.2) is 18.7 Å². The maximum absolute atomic E-state index is 11.6. The van der Waals surface area contributed by atoms with E-state index in [1.54, 1.807) is 42.5 Å². The molecule has 0 aliphatic heterocycles. The van der Waals surface area contributed by atoms with Crippen LogP contribution in [0.1, 0.15) is 11.1 Å². The Morgan fingerprint density at radius 1 is 1.22 bits per heavy atom. The van der Waals surface area contributed by atoms with Crippen LogP contribution in [0.3, 0.4) is 0 Å². The lowest BCUT2D eigenvalue weighted by Gasteiger charge is -2.05. The van der Waals surface area contributed by atoms with Gasteiger partial charge in [0.05, 0.1) is 27.9 Å². The third-order valence-corrected chi connectivity index (χ3v) is 3.40. The molecule has 1 N–H and O–H groups in total. The van der Waals surface area contributed by atoms with E-state index in [0.717, 1.165) is 0 Å². The predicted molar refractivity (Wildman–Crippen MR) is 88.9 cm³/mol. The van der Waals surface area contributed by atoms with Crippen molar-refractivity contribution in [3.05, 3.63) is 63.6 Å². The van der Waals surface area contributed by atoms with E-state index in [0.29, 0.717) is 26.9 Å². The number of nitriles is 1. The Bertz CT molecular complexity index is 748. The van der Waals surface area contributed by atoms with Crippen molar-refractivity contribution in [2.75, 3.05) is 6.61 Å². The number of ether oxygens (including phenoxy) is 1. The summed E-state index contributed by atoms with van der Waals surface area (Å²) >= 11 is 11.9. The van der Waals surface area contributed by atoms with E-state index in [4.69, 9.17) is 33.2 Å². The molecule has 0 saturated heterocycles. The number of carbonyl (C=O) groups is 1. The second-order valence-electron chi connectivity index (χ2n) is 4.35. The molecular weight excluding hydrogens is 337 g/mol. The number of halogens is 2. The van der Waals surface area contributed by atoms with Crippen LogP contribution in [0, 0.1) is 11.3 Å². The topological polar surface area (TPSA) is 74.5 Å². The molecule has 5 nitrogen and oxygen atoms in total. The number of nitrogens with zero attached hydrogens (tertiary/aromatic N) is 2. The number of hydrogen-bond donors (Lipinski definition) is 1. The predicted octanol–water partition coefficient (Wildman–Crippen LogP) is 3.39. The number of nitrogens with one attached hydrogen (secondary N) is 1. The normalized spacial score (nSPS) is 10.3. The largest absolute Gasteiger partial charge is 0.484 e. The third kappa shape index (κ3) is 4.99. The summed E-state index contributed by atoms with van der Waals surface area (Å²) in [7, 11) is 0. The van der Waals surface area contributed by atoms with Crippen LogP contribution in [0.5, 0.6) is 5.75 Å². The molecule has 0 aliphatic carbocycles. The Hall–Kier alpha value is -2.55. The summed E-state index contributed by atoms with van der Waals surface area (Å²) in [5.41, 5.74) is 3.35. The Kier molecular flexibility index (Phi) is 5.98. The number of hydrazone groups is 1. The van der Waals surface area contributed by atoms with Gasteiger partial charge in [-0.05, 0) is 36.4 Å². The van der Waals surface area contributed by atoms with Gasteiger partial charge in [-0.25, -0.2) is 5.43 Å². The highest BCUT2D eigenvalue weighted by atomic mass is 35.5. The number of amides is 1. The molecule has 0 atom stereocenters. The van der Waals surface area contributed by atoms with Crippen molar-refractivity contribution >= 4 is 35.3 Å². The fourth-order valence-electron chi connectivity index (χ4n) is 1.61. The van der Waals surface area contributed by atoms with Gasteiger partial charge in [0.2, 0.25) is 0 Å². The molecule has 0 aromatic heterocycles. The summed E-state index contributed by atoms with van der Waals surface area (Å²) in [6.45, 7) is -0.209. The molecule has 0 heterocycles. The Balaban J connectivity index is 1.85. The number of rotatable bonds is 5. The van der Waals surface area contributed by atoms with E-state index in [1.165, 1.54) is 6.21 Å². The molecule has 2 rings (SSSR count). The van der Waals surface area contributed by atoms with Crippen LogP contribution in [0.4, 0.5) is 0 Å². The highest BCUT2D eigenvalue weighted by molar-refractivity contribution is 6.38. The van der Waals surface area contributed by atoms with Gasteiger partial charge in [0.15, 0.2) is 6.61 Å². The zero-order valence-electron chi connectivity index (χ0n) is 11.8. The maximum atomic E-state index is 11.6. The van der Waals surface area contributed by atoms with Crippen molar-refractivity contribution in [1.29, 1.82) is 5.26 Å². The molecule has 0 fully saturated rings. The molecule has 0 spiro atoms. The first-order chi connectivity index (χ1) is 11.1. The zero-order chi connectivity index (χ0) is 16.7. The molecule has 0 aliphatic rings. The fraction of sp³-hybridized carbons (Fsp3) is 0.0625. The minimum Gasteiger partial charge on any atom is -0.484 e. The van der Waals surface area contributed by atoms with Gasteiger partial charge in [-0.2, -0.15) is 10.4 Å². The molecule has 2 aromatic carbocycles. The summed E-state index contributed by atoms with van der Waals surface area (Å²) in [6, 6.07) is 13.5. The molecule has 0 saturated carbocycles. The van der Waals surface area contributed by atoms with Gasteiger partial charge in [0.1, 0.15) is 5.75 Å². The number of benzene rings is 2. The van der Waals surface area contributed by atoms with Crippen molar-refractivity contribution in [1.82, 2.24) is 5.43 Å².